The van der Waals surface area contributed by atoms with E-state index in [9.17, 15) is 4.79 Å². The zero-order chi connectivity index (χ0) is 12.6. The van der Waals surface area contributed by atoms with Gasteiger partial charge in [-0.2, -0.15) is 0 Å². The van der Waals surface area contributed by atoms with Gasteiger partial charge in [0.25, 0.3) is 0 Å². The van der Waals surface area contributed by atoms with Gasteiger partial charge in [-0.3, -0.25) is 0 Å². The van der Waals surface area contributed by atoms with Crippen LogP contribution in [0.25, 0.3) is 0 Å². The molecule has 0 aromatic carbocycles. The smallest absolute Gasteiger partial charge is 0.410 e. The van der Waals surface area contributed by atoms with Gasteiger partial charge in [0.15, 0.2) is 0 Å². The minimum absolute atomic E-state index is 0.160. The van der Waals surface area contributed by atoms with Crippen LogP contribution in [0.1, 0.15) is 48.0 Å². The Morgan fingerprint density at radius 3 is 2.31 bits per heavy atom. The fraction of sp³-hybridized carbons (Fsp3) is 0.923. The summed E-state index contributed by atoms with van der Waals surface area (Å²) in [5.41, 5.74) is -0.0883. The second-order valence-corrected chi connectivity index (χ2v) is 6.48. The largest absolute Gasteiger partial charge is 0.441 e. The number of nitrogens with zero attached hydrogens (tertiary/aromatic N) is 1. The summed E-state index contributed by atoms with van der Waals surface area (Å²) in [7, 11) is 0. The third-order valence-corrected chi connectivity index (χ3v) is 3.35. The first-order chi connectivity index (χ1) is 7.15. The Morgan fingerprint density at radius 2 is 2.00 bits per heavy atom. The quantitative estimate of drug-likeness (QED) is 0.740. The Hall–Kier alpha value is -0.730. The first kappa shape index (κ1) is 13.3. The molecule has 0 aromatic heterocycles. The molecule has 3 heteroatoms. The molecular formula is C13H25NO2. The molecule has 1 unspecified atom stereocenters. The van der Waals surface area contributed by atoms with Gasteiger partial charge >= 0.3 is 6.09 Å². The number of hydrogen-bond acceptors (Lipinski definition) is 2. The molecule has 1 saturated heterocycles. The molecule has 1 atom stereocenters. The highest BCUT2D eigenvalue weighted by Crippen LogP contribution is 2.31. The highest BCUT2D eigenvalue weighted by Gasteiger charge is 2.39. The maximum atomic E-state index is 11.7. The second kappa shape index (κ2) is 4.27. The fourth-order valence-corrected chi connectivity index (χ4v) is 2.28. The number of ether oxygens (including phenoxy) is 1. The molecule has 0 aromatic rings. The summed E-state index contributed by atoms with van der Waals surface area (Å²) in [6.45, 7) is 14.3. The topological polar surface area (TPSA) is 29.5 Å². The molecular weight excluding hydrogens is 202 g/mol. The minimum atomic E-state index is -0.326. The van der Waals surface area contributed by atoms with Gasteiger partial charge in [-0.15, -0.1) is 0 Å². The van der Waals surface area contributed by atoms with Crippen LogP contribution >= 0.6 is 0 Å². The average molecular weight is 227 g/mol. The van der Waals surface area contributed by atoms with Crippen LogP contribution in [0.3, 0.4) is 0 Å². The van der Waals surface area contributed by atoms with Crippen LogP contribution < -0.4 is 0 Å². The predicted octanol–water partition coefficient (Wildman–Crippen LogP) is 3.29. The zero-order valence-electron chi connectivity index (χ0n) is 11.5. The van der Waals surface area contributed by atoms with E-state index in [0.29, 0.717) is 12.5 Å². The summed E-state index contributed by atoms with van der Waals surface area (Å²) in [4.78, 5) is 13.5. The van der Waals surface area contributed by atoms with E-state index in [1.807, 2.05) is 18.7 Å². The first-order valence-corrected chi connectivity index (χ1v) is 6.13. The van der Waals surface area contributed by atoms with Gasteiger partial charge in [-0.05, 0) is 25.2 Å². The average Bonchev–Trinajstić information content (AvgIpc) is 2.33. The van der Waals surface area contributed by atoms with E-state index >= 15 is 0 Å². The van der Waals surface area contributed by atoms with Gasteiger partial charge in [-0.1, -0.05) is 34.1 Å². The molecule has 0 radical (unpaired) electrons. The molecule has 1 aliphatic rings. The first-order valence-electron chi connectivity index (χ1n) is 6.13. The summed E-state index contributed by atoms with van der Waals surface area (Å²) in [5, 5.41) is 0. The molecule has 1 amide bonds. The number of rotatable bonds is 3. The Labute approximate surface area is 99.1 Å². The van der Waals surface area contributed by atoms with Crippen LogP contribution in [0.4, 0.5) is 4.79 Å². The van der Waals surface area contributed by atoms with Crippen molar-refractivity contribution in [2.75, 3.05) is 13.1 Å². The maximum Gasteiger partial charge on any atom is 0.410 e. The van der Waals surface area contributed by atoms with Crippen molar-refractivity contribution in [3.8, 4) is 0 Å². The molecule has 0 N–H and O–H groups in total. The van der Waals surface area contributed by atoms with E-state index in [2.05, 4.69) is 27.7 Å². The molecule has 1 heterocycles. The second-order valence-electron chi connectivity index (χ2n) is 6.48. The number of carbonyl (C=O) groups is 1. The van der Waals surface area contributed by atoms with E-state index in [1.54, 1.807) is 0 Å². The Bertz CT molecular complexity index is 266. The molecule has 0 aliphatic carbocycles. The van der Waals surface area contributed by atoms with Gasteiger partial charge in [0.05, 0.1) is 6.54 Å². The van der Waals surface area contributed by atoms with E-state index in [4.69, 9.17) is 4.74 Å². The highest BCUT2D eigenvalue weighted by molar-refractivity contribution is 5.70. The number of hydrogen-bond donors (Lipinski definition) is 0. The van der Waals surface area contributed by atoms with Crippen molar-refractivity contribution in [2.24, 2.45) is 11.3 Å². The van der Waals surface area contributed by atoms with Crippen LogP contribution in [-0.4, -0.2) is 29.7 Å². The number of carbonyl (C=O) groups excluding carboxylic acids is 1. The lowest BCUT2D eigenvalue weighted by Gasteiger charge is -2.32. The lowest BCUT2D eigenvalue weighted by atomic mass is 9.79. The molecule has 1 fully saturated rings. The van der Waals surface area contributed by atoms with Crippen LogP contribution in [-0.2, 0) is 4.74 Å². The van der Waals surface area contributed by atoms with E-state index in [0.717, 1.165) is 13.0 Å². The van der Waals surface area contributed by atoms with Crippen molar-refractivity contribution in [3.63, 3.8) is 0 Å². The Morgan fingerprint density at radius 1 is 1.44 bits per heavy atom. The van der Waals surface area contributed by atoms with Crippen molar-refractivity contribution in [2.45, 2.75) is 53.6 Å². The van der Waals surface area contributed by atoms with E-state index in [1.165, 1.54) is 0 Å². The molecule has 94 valence electrons. The van der Waals surface area contributed by atoms with Gasteiger partial charge in [0.1, 0.15) is 5.60 Å². The van der Waals surface area contributed by atoms with Crippen LogP contribution in [0.2, 0.25) is 0 Å². The lowest BCUT2D eigenvalue weighted by Crippen LogP contribution is -2.37. The van der Waals surface area contributed by atoms with Crippen molar-refractivity contribution >= 4 is 6.09 Å². The van der Waals surface area contributed by atoms with Gasteiger partial charge in [-0.25, -0.2) is 4.79 Å². The zero-order valence-corrected chi connectivity index (χ0v) is 11.5. The predicted molar refractivity (Wildman–Crippen MR) is 65.4 cm³/mol. The summed E-state index contributed by atoms with van der Waals surface area (Å²) in [5.74, 6) is 0.522. The minimum Gasteiger partial charge on any atom is -0.441 e. The molecule has 1 aliphatic heterocycles. The summed E-state index contributed by atoms with van der Waals surface area (Å²) >= 11 is 0. The molecule has 0 bridgehead atoms. The summed E-state index contributed by atoms with van der Waals surface area (Å²) < 4.78 is 5.31. The van der Waals surface area contributed by atoms with Crippen LogP contribution in [0, 0.1) is 11.3 Å². The van der Waals surface area contributed by atoms with Crippen molar-refractivity contribution in [1.82, 2.24) is 4.90 Å². The lowest BCUT2D eigenvalue weighted by molar-refractivity contribution is 0.0852. The number of cyclic esters (lactones) is 1. The molecule has 16 heavy (non-hydrogen) atoms. The normalized spacial score (nSPS) is 22.1. The SMILES string of the molecule is CCC(CN1CC(C)(C)OC1=O)C(C)(C)C. The van der Waals surface area contributed by atoms with Crippen LogP contribution in [0.5, 0.6) is 0 Å². The molecule has 0 spiro atoms. The summed E-state index contributed by atoms with van der Waals surface area (Å²) in [6.07, 6.45) is 0.931. The monoisotopic (exact) mass is 227 g/mol. The van der Waals surface area contributed by atoms with Gasteiger partial charge in [0.2, 0.25) is 0 Å². The third-order valence-electron chi connectivity index (χ3n) is 3.35. The molecule has 0 saturated carbocycles. The molecule has 1 rings (SSSR count). The Kier molecular flexibility index (Phi) is 3.56. The van der Waals surface area contributed by atoms with Crippen LogP contribution in [0.15, 0.2) is 0 Å². The van der Waals surface area contributed by atoms with Gasteiger partial charge < -0.3 is 9.64 Å². The molecule has 3 nitrogen and oxygen atoms in total. The highest BCUT2D eigenvalue weighted by atomic mass is 16.6. The van der Waals surface area contributed by atoms with E-state index in [-0.39, 0.29) is 17.1 Å². The van der Waals surface area contributed by atoms with E-state index < -0.39 is 0 Å². The standard InChI is InChI=1S/C13H25NO2/c1-7-10(12(2,3)4)8-14-9-13(5,6)16-11(14)15/h10H,7-9H2,1-6H3. The van der Waals surface area contributed by atoms with Crippen molar-refractivity contribution < 1.29 is 9.53 Å². The Balaban J connectivity index is 2.64. The third kappa shape index (κ3) is 3.13. The fourth-order valence-electron chi connectivity index (χ4n) is 2.28. The van der Waals surface area contributed by atoms with Crippen molar-refractivity contribution in [1.29, 1.82) is 0 Å². The maximum absolute atomic E-state index is 11.7. The summed E-state index contributed by atoms with van der Waals surface area (Å²) in [6, 6.07) is 0. The van der Waals surface area contributed by atoms with Crippen molar-refractivity contribution in [3.05, 3.63) is 0 Å². The van der Waals surface area contributed by atoms with Gasteiger partial charge in [0, 0.05) is 6.54 Å². The number of amides is 1.